The molecule has 3 aromatic rings. The van der Waals surface area contributed by atoms with Gasteiger partial charge in [0.25, 0.3) is 0 Å². The lowest BCUT2D eigenvalue weighted by Crippen LogP contribution is -2.27. The highest BCUT2D eigenvalue weighted by Crippen LogP contribution is 2.36. The Morgan fingerprint density at radius 2 is 1.87 bits per heavy atom. The molecule has 0 spiro atoms. The van der Waals surface area contributed by atoms with Gasteiger partial charge in [-0.3, -0.25) is 9.52 Å². The van der Waals surface area contributed by atoms with Crippen LogP contribution in [0.4, 0.5) is 10.1 Å². The van der Waals surface area contributed by atoms with Crippen molar-refractivity contribution in [3.63, 3.8) is 0 Å². The van der Waals surface area contributed by atoms with Gasteiger partial charge in [-0.1, -0.05) is 36.4 Å². The van der Waals surface area contributed by atoms with E-state index in [1.54, 1.807) is 48.5 Å². The van der Waals surface area contributed by atoms with Gasteiger partial charge in [0.15, 0.2) is 5.76 Å². The van der Waals surface area contributed by atoms with Crippen molar-refractivity contribution in [2.75, 3.05) is 11.0 Å². The predicted octanol–water partition coefficient (Wildman–Crippen LogP) is 3.78. The van der Waals surface area contributed by atoms with Gasteiger partial charge in [0.05, 0.1) is 30.0 Å². The molecule has 1 aromatic heterocycles. The number of carbonyl (C=O) groups excluding carboxylic acids is 1. The minimum Gasteiger partial charge on any atom is -0.459 e. The van der Waals surface area contributed by atoms with Crippen LogP contribution in [0.3, 0.4) is 0 Å². The number of rotatable bonds is 5. The van der Waals surface area contributed by atoms with Crippen LogP contribution in [0.5, 0.6) is 0 Å². The Morgan fingerprint density at radius 1 is 1.13 bits per heavy atom. The summed E-state index contributed by atoms with van der Waals surface area (Å²) in [4.78, 5) is 13.0. The third-order valence-electron chi connectivity index (χ3n) is 4.65. The number of sulfonamides is 1. The third-order valence-corrected chi connectivity index (χ3v) is 5.24. The van der Waals surface area contributed by atoms with Gasteiger partial charge in [0.2, 0.25) is 10.0 Å². The molecule has 1 aliphatic rings. The highest BCUT2D eigenvalue weighted by Gasteiger charge is 2.36. The van der Waals surface area contributed by atoms with Gasteiger partial charge < -0.3 is 4.42 Å². The first-order valence-electron chi connectivity index (χ1n) is 9.09. The number of nitrogens with zero attached hydrogens (tertiary/aromatic N) is 2. The molecule has 0 bridgehead atoms. The Labute approximate surface area is 172 Å². The number of benzene rings is 2. The number of carbonyl (C=O) groups is 1. The van der Waals surface area contributed by atoms with E-state index < -0.39 is 27.8 Å². The van der Waals surface area contributed by atoms with Crippen LogP contribution in [0.25, 0.3) is 0 Å². The fourth-order valence-electron chi connectivity index (χ4n) is 3.38. The smallest absolute Gasteiger partial charge is 0.310 e. The second-order valence-corrected chi connectivity index (χ2v) is 8.58. The molecule has 1 unspecified atom stereocenters. The van der Waals surface area contributed by atoms with Gasteiger partial charge >= 0.3 is 5.91 Å². The first-order chi connectivity index (χ1) is 14.3. The van der Waals surface area contributed by atoms with Gasteiger partial charge in [0.1, 0.15) is 5.82 Å². The van der Waals surface area contributed by atoms with Crippen LogP contribution in [0.1, 0.15) is 34.1 Å². The SMILES string of the molecule is CS(=O)(=O)Nc1ccccc1C1=NN(C(=O)c2ccco2)C(c2ccccc2F)C1. The molecule has 154 valence electrons. The molecule has 7 nitrogen and oxygen atoms in total. The summed E-state index contributed by atoms with van der Waals surface area (Å²) in [6.07, 6.45) is 2.63. The van der Waals surface area contributed by atoms with Gasteiger partial charge in [-0.05, 0) is 24.3 Å². The number of halogens is 1. The van der Waals surface area contributed by atoms with Crippen LogP contribution in [0.15, 0.2) is 76.4 Å². The lowest BCUT2D eigenvalue weighted by atomic mass is 9.97. The maximum atomic E-state index is 14.5. The number of furan rings is 1. The number of hydrogen-bond acceptors (Lipinski definition) is 5. The fourth-order valence-corrected chi connectivity index (χ4v) is 3.96. The van der Waals surface area contributed by atoms with Crippen molar-refractivity contribution in [3.8, 4) is 0 Å². The Balaban J connectivity index is 1.78. The minimum atomic E-state index is -3.53. The molecule has 0 aliphatic carbocycles. The number of hydrogen-bond donors (Lipinski definition) is 1. The van der Waals surface area contributed by atoms with Crippen LogP contribution in [0, 0.1) is 5.82 Å². The van der Waals surface area contributed by atoms with Crippen molar-refractivity contribution >= 4 is 27.3 Å². The van der Waals surface area contributed by atoms with E-state index in [1.807, 2.05) is 0 Å². The maximum absolute atomic E-state index is 14.5. The summed E-state index contributed by atoms with van der Waals surface area (Å²) in [6.45, 7) is 0. The molecule has 4 rings (SSSR count). The maximum Gasteiger partial charge on any atom is 0.310 e. The van der Waals surface area contributed by atoms with Gasteiger partial charge in [-0.2, -0.15) is 5.10 Å². The average Bonchev–Trinajstić information content (AvgIpc) is 3.37. The standard InChI is InChI=1S/C21H18FN3O4S/c1-30(27,28)24-17-10-5-3-8-15(17)18-13-19(14-7-2-4-9-16(14)22)25(23-18)21(26)20-11-6-12-29-20/h2-12,19,24H,13H2,1H3. The molecule has 0 saturated heterocycles. The van der Waals surface area contributed by atoms with Gasteiger partial charge in [0, 0.05) is 17.5 Å². The number of amides is 1. The van der Waals surface area contributed by atoms with E-state index in [0.717, 1.165) is 6.26 Å². The molecule has 1 atom stereocenters. The molecular formula is C21H18FN3O4S. The van der Waals surface area contributed by atoms with Crippen molar-refractivity contribution in [2.45, 2.75) is 12.5 Å². The molecule has 1 amide bonds. The summed E-state index contributed by atoms with van der Waals surface area (Å²) in [7, 11) is -3.53. The highest BCUT2D eigenvalue weighted by molar-refractivity contribution is 7.92. The summed E-state index contributed by atoms with van der Waals surface area (Å²) >= 11 is 0. The van der Waals surface area contributed by atoms with Crippen molar-refractivity contribution in [1.82, 2.24) is 5.01 Å². The summed E-state index contributed by atoms with van der Waals surface area (Å²) in [6, 6.07) is 15.3. The van der Waals surface area contributed by atoms with Crippen molar-refractivity contribution < 1.29 is 22.0 Å². The summed E-state index contributed by atoms with van der Waals surface area (Å²) < 4.78 is 45.7. The van der Waals surface area contributed by atoms with E-state index in [9.17, 15) is 17.6 Å². The first kappa shape index (κ1) is 19.8. The van der Waals surface area contributed by atoms with E-state index in [-0.39, 0.29) is 12.2 Å². The summed E-state index contributed by atoms with van der Waals surface area (Å²) in [5, 5.41) is 5.63. The predicted molar refractivity (Wildman–Crippen MR) is 110 cm³/mol. The number of nitrogens with one attached hydrogen (secondary N) is 1. The Kier molecular flexibility index (Phi) is 5.13. The van der Waals surface area contributed by atoms with E-state index in [0.29, 0.717) is 22.5 Å². The van der Waals surface area contributed by atoms with Crippen molar-refractivity contribution in [1.29, 1.82) is 0 Å². The molecule has 0 radical (unpaired) electrons. The topological polar surface area (TPSA) is 92.0 Å². The fraction of sp³-hybridized carbons (Fsp3) is 0.143. The monoisotopic (exact) mass is 427 g/mol. The summed E-state index contributed by atoms with van der Waals surface area (Å²) in [5.74, 6) is -0.903. The second kappa shape index (κ2) is 7.75. The van der Waals surface area contributed by atoms with Gasteiger partial charge in [-0.15, -0.1) is 0 Å². The molecule has 0 fully saturated rings. The molecule has 30 heavy (non-hydrogen) atoms. The van der Waals surface area contributed by atoms with Crippen molar-refractivity contribution in [3.05, 3.63) is 89.6 Å². The zero-order chi connectivity index (χ0) is 21.3. The quantitative estimate of drug-likeness (QED) is 0.671. The van der Waals surface area contributed by atoms with Gasteiger partial charge in [-0.25, -0.2) is 17.8 Å². The average molecular weight is 427 g/mol. The molecule has 1 aliphatic heterocycles. The van der Waals surface area contributed by atoms with Crippen LogP contribution < -0.4 is 4.72 Å². The number of para-hydroxylation sites is 1. The van der Waals surface area contributed by atoms with Crippen LogP contribution in [-0.4, -0.2) is 31.3 Å². The zero-order valence-corrected chi connectivity index (χ0v) is 16.8. The van der Waals surface area contributed by atoms with Crippen LogP contribution in [-0.2, 0) is 10.0 Å². The van der Waals surface area contributed by atoms with E-state index >= 15 is 0 Å². The molecular weight excluding hydrogens is 409 g/mol. The van der Waals surface area contributed by atoms with E-state index in [2.05, 4.69) is 9.82 Å². The molecule has 2 heterocycles. The molecule has 1 N–H and O–H groups in total. The molecule has 9 heteroatoms. The molecule has 0 saturated carbocycles. The number of hydrazone groups is 1. The zero-order valence-electron chi connectivity index (χ0n) is 15.9. The lowest BCUT2D eigenvalue weighted by Gasteiger charge is -2.21. The number of anilines is 1. The Morgan fingerprint density at radius 3 is 2.57 bits per heavy atom. The summed E-state index contributed by atoms with van der Waals surface area (Å²) in [5.41, 5.74) is 1.61. The van der Waals surface area contributed by atoms with Crippen molar-refractivity contribution in [2.24, 2.45) is 5.10 Å². The second-order valence-electron chi connectivity index (χ2n) is 6.83. The van der Waals surface area contributed by atoms with Crippen LogP contribution >= 0.6 is 0 Å². The lowest BCUT2D eigenvalue weighted by molar-refractivity contribution is 0.0676. The third kappa shape index (κ3) is 3.97. The Hall–Kier alpha value is -3.46. The molecule has 2 aromatic carbocycles. The minimum absolute atomic E-state index is 0.0730. The normalized spacial score (nSPS) is 16.4. The largest absolute Gasteiger partial charge is 0.459 e. The first-order valence-corrected chi connectivity index (χ1v) is 11.0. The highest BCUT2D eigenvalue weighted by atomic mass is 32.2. The Bertz CT molecular complexity index is 1220. The van der Waals surface area contributed by atoms with Crippen LogP contribution in [0.2, 0.25) is 0 Å². The van der Waals surface area contributed by atoms with E-state index in [1.165, 1.54) is 23.4 Å². The van der Waals surface area contributed by atoms with E-state index in [4.69, 9.17) is 4.42 Å².